The lowest BCUT2D eigenvalue weighted by Gasteiger charge is -2.28. The lowest BCUT2D eigenvalue weighted by molar-refractivity contribution is -0.140. The van der Waals surface area contributed by atoms with Crippen LogP contribution < -0.4 is 5.06 Å². The molecule has 1 aliphatic rings. The molecule has 1 N–H and O–H groups in total. The fraction of sp³-hybridized carbons (Fsp3) is 0.500. The molecule has 1 atom stereocenters. The molecule has 0 spiro atoms. The number of morpholine rings is 1. The minimum atomic E-state index is -0.564. The van der Waals surface area contributed by atoms with Crippen molar-refractivity contribution >= 4 is 29.1 Å². The van der Waals surface area contributed by atoms with E-state index in [1.165, 1.54) is 0 Å². The Bertz CT molecular complexity index is 544. The number of carbonyl (C=O) groups is 2. The van der Waals surface area contributed by atoms with Gasteiger partial charge in [0.25, 0.3) is 5.91 Å². The van der Waals surface area contributed by atoms with E-state index in [0.717, 1.165) is 0 Å². The minimum absolute atomic E-state index is 0.0833. The molecule has 0 saturated carbocycles. The number of hydrogen-bond acceptors (Lipinski definition) is 4. The fourth-order valence-electron chi connectivity index (χ4n) is 2.44. The topological polar surface area (TPSA) is 70.1 Å². The Kier molecular flexibility index (Phi) is 6.38. The second-order valence-corrected chi connectivity index (χ2v) is 5.87. The Hall–Kier alpha value is -1.63. The maximum absolute atomic E-state index is 12.4. The van der Waals surface area contributed by atoms with Gasteiger partial charge in [-0.1, -0.05) is 18.5 Å². The predicted molar refractivity (Wildman–Crippen MR) is 86.5 cm³/mol. The molecule has 6 nitrogen and oxygen atoms in total. The third-order valence-corrected chi connectivity index (χ3v) is 4.16. The Morgan fingerprint density at radius 2 is 1.91 bits per heavy atom. The molecule has 1 aromatic carbocycles. The molecule has 0 aliphatic carbocycles. The number of carbonyl (C=O) groups excluding carboxylic acids is 2. The average Bonchev–Trinajstić information content (AvgIpc) is 2.59. The van der Waals surface area contributed by atoms with Gasteiger partial charge in [0.15, 0.2) is 0 Å². The molecule has 0 aromatic heterocycles. The van der Waals surface area contributed by atoms with E-state index in [9.17, 15) is 14.8 Å². The highest BCUT2D eigenvalue weighted by atomic mass is 35.5. The van der Waals surface area contributed by atoms with Crippen LogP contribution in [-0.2, 0) is 14.3 Å². The van der Waals surface area contributed by atoms with Crippen LogP contribution in [-0.4, -0.2) is 48.2 Å². The molecule has 7 heteroatoms. The van der Waals surface area contributed by atoms with Crippen molar-refractivity contribution in [2.75, 3.05) is 31.4 Å². The van der Waals surface area contributed by atoms with Crippen molar-refractivity contribution in [3.8, 4) is 0 Å². The van der Waals surface area contributed by atoms with E-state index >= 15 is 0 Å². The van der Waals surface area contributed by atoms with Gasteiger partial charge in [-0.15, -0.1) is 0 Å². The molecule has 1 saturated heterocycles. The van der Waals surface area contributed by atoms with Crippen LogP contribution in [0.25, 0.3) is 0 Å². The normalized spacial score (nSPS) is 16.0. The number of nitrogens with zero attached hydrogens (tertiary/aromatic N) is 2. The van der Waals surface area contributed by atoms with E-state index in [-0.39, 0.29) is 12.3 Å². The molecule has 126 valence electrons. The first-order chi connectivity index (χ1) is 11.0. The highest BCUT2D eigenvalue weighted by Gasteiger charge is 2.28. The van der Waals surface area contributed by atoms with E-state index in [4.69, 9.17) is 16.3 Å². The molecule has 0 radical (unpaired) electrons. The van der Waals surface area contributed by atoms with Crippen LogP contribution in [0.1, 0.15) is 19.8 Å². The molecular weight excluding hydrogens is 320 g/mol. The van der Waals surface area contributed by atoms with Crippen molar-refractivity contribution in [1.82, 2.24) is 4.90 Å². The first kappa shape index (κ1) is 17.7. The summed E-state index contributed by atoms with van der Waals surface area (Å²) in [4.78, 5) is 26.4. The summed E-state index contributed by atoms with van der Waals surface area (Å²) in [6.07, 6.45) is 0.555. The van der Waals surface area contributed by atoms with Gasteiger partial charge in [-0.05, 0) is 30.7 Å². The van der Waals surface area contributed by atoms with Crippen molar-refractivity contribution in [2.24, 2.45) is 5.92 Å². The molecule has 2 amide bonds. The van der Waals surface area contributed by atoms with Crippen LogP contribution >= 0.6 is 11.6 Å². The van der Waals surface area contributed by atoms with Gasteiger partial charge in [0.1, 0.15) is 0 Å². The first-order valence-electron chi connectivity index (χ1n) is 7.67. The number of hydrogen-bond donors (Lipinski definition) is 1. The van der Waals surface area contributed by atoms with Gasteiger partial charge in [-0.2, -0.15) is 5.06 Å². The number of amides is 2. The second kappa shape index (κ2) is 8.29. The number of hydroxylamine groups is 1. The van der Waals surface area contributed by atoms with Crippen molar-refractivity contribution in [3.05, 3.63) is 29.3 Å². The maximum Gasteiger partial charge on any atom is 0.254 e. The van der Waals surface area contributed by atoms with Crippen LogP contribution in [0.5, 0.6) is 0 Å². The zero-order valence-corrected chi connectivity index (χ0v) is 13.8. The number of anilines is 1. The summed E-state index contributed by atoms with van der Waals surface area (Å²) >= 11 is 5.80. The van der Waals surface area contributed by atoms with Crippen LogP contribution in [0, 0.1) is 5.92 Å². The predicted octanol–water partition coefficient (Wildman–Crippen LogP) is 2.34. The molecule has 1 heterocycles. The quantitative estimate of drug-likeness (QED) is 0.659. The van der Waals surface area contributed by atoms with Gasteiger partial charge in [-0.25, -0.2) is 0 Å². The van der Waals surface area contributed by atoms with Gasteiger partial charge >= 0.3 is 0 Å². The summed E-state index contributed by atoms with van der Waals surface area (Å²) in [5, 5.41) is 11.2. The standard InChI is InChI=1S/C16H21ClN2O4/c1-2-12(11-15(20)18-7-9-23-10-8-18)16(21)19(22)14-5-3-13(17)4-6-14/h3-6,12,22H,2,7-11H2,1H3/t12-/m0/s1. The summed E-state index contributed by atoms with van der Waals surface area (Å²) in [5.74, 6) is -1.14. The molecule has 0 unspecified atom stereocenters. The maximum atomic E-state index is 12.4. The van der Waals surface area contributed by atoms with E-state index in [0.29, 0.717) is 48.5 Å². The van der Waals surface area contributed by atoms with Crippen LogP contribution in [0.15, 0.2) is 24.3 Å². The first-order valence-corrected chi connectivity index (χ1v) is 8.04. The molecule has 2 rings (SSSR count). The summed E-state index contributed by atoms with van der Waals surface area (Å²) in [6, 6.07) is 6.29. The zero-order valence-electron chi connectivity index (χ0n) is 13.1. The number of benzene rings is 1. The number of halogens is 1. The van der Waals surface area contributed by atoms with Gasteiger partial charge in [0.2, 0.25) is 5.91 Å². The molecule has 1 aliphatic heterocycles. The smallest absolute Gasteiger partial charge is 0.254 e. The SMILES string of the molecule is CC[C@@H](CC(=O)N1CCOCC1)C(=O)N(O)c1ccc(Cl)cc1. The van der Waals surface area contributed by atoms with E-state index < -0.39 is 11.8 Å². The second-order valence-electron chi connectivity index (χ2n) is 5.43. The summed E-state index contributed by atoms with van der Waals surface area (Å²) in [6.45, 7) is 3.96. The van der Waals surface area contributed by atoms with Gasteiger partial charge in [0, 0.05) is 30.5 Å². The van der Waals surface area contributed by atoms with E-state index in [2.05, 4.69) is 0 Å². The number of ether oxygens (including phenoxy) is 1. The zero-order chi connectivity index (χ0) is 16.8. The highest BCUT2D eigenvalue weighted by Crippen LogP contribution is 2.21. The lowest BCUT2D eigenvalue weighted by Crippen LogP contribution is -2.43. The Balaban J connectivity index is 1.99. The number of rotatable bonds is 5. The fourth-order valence-corrected chi connectivity index (χ4v) is 2.57. The Morgan fingerprint density at radius 1 is 1.30 bits per heavy atom. The minimum Gasteiger partial charge on any atom is -0.378 e. The molecular formula is C16H21ClN2O4. The summed E-state index contributed by atoms with van der Waals surface area (Å²) in [7, 11) is 0. The van der Waals surface area contributed by atoms with Crippen molar-refractivity contribution in [2.45, 2.75) is 19.8 Å². The summed E-state index contributed by atoms with van der Waals surface area (Å²) in [5.41, 5.74) is 0.330. The van der Waals surface area contributed by atoms with E-state index in [1.54, 1.807) is 29.2 Å². The average molecular weight is 341 g/mol. The van der Waals surface area contributed by atoms with Gasteiger partial charge in [0.05, 0.1) is 18.9 Å². The Labute approximate surface area is 140 Å². The van der Waals surface area contributed by atoms with Crippen molar-refractivity contribution in [1.29, 1.82) is 0 Å². The molecule has 23 heavy (non-hydrogen) atoms. The molecule has 0 bridgehead atoms. The third-order valence-electron chi connectivity index (χ3n) is 3.91. The lowest BCUT2D eigenvalue weighted by atomic mass is 10.00. The van der Waals surface area contributed by atoms with Crippen LogP contribution in [0.4, 0.5) is 5.69 Å². The Morgan fingerprint density at radius 3 is 2.48 bits per heavy atom. The largest absolute Gasteiger partial charge is 0.378 e. The van der Waals surface area contributed by atoms with Gasteiger partial charge < -0.3 is 9.64 Å². The molecule has 1 fully saturated rings. The van der Waals surface area contributed by atoms with Gasteiger partial charge in [-0.3, -0.25) is 14.8 Å². The van der Waals surface area contributed by atoms with E-state index in [1.807, 2.05) is 6.92 Å². The monoisotopic (exact) mass is 340 g/mol. The van der Waals surface area contributed by atoms with Crippen molar-refractivity contribution < 1.29 is 19.5 Å². The van der Waals surface area contributed by atoms with Crippen molar-refractivity contribution in [3.63, 3.8) is 0 Å². The highest BCUT2D eigenvalue weighted by molar-refractivity contribution is 6.30. The van der Waals surface area contributed by atoms with Crippen LogP contribution in [0.3, 0.4) is 0 Å². The van der Waals surface area contributed by atoms with Crippen LogP contribution in [0.2, 0.25) is 5.02 Å². The molecule has 1 aromatic rings. The third kappa shape index (κ3) is 4.67. The summed E-state index contributed by atoms with van der Waals surface area (Å²) < 4.78 is 5.21.